The van der Waals surface area contributed by atoms with Crippen LogP contribution in [0.25, 0.3) is 10.1 Å². The van der Waals surface area contributed by atoms with Gasteiger partial charge in [0, 0.05) is 11.0 Å². The highest BCUT2D eigenvalue weighted by Crippen LogP contribution is 2.40. The highest BCUT2D eigenvalue weighted by Gasteiger charge is 2.33. The molecule has 3 atom stereocenters. The van der Waals surface area contributed by atoms with E-state index >= 15 is 0 Å². The molecule has 1 fully saturated rings. The number of thiophene rings is 1. The normalized spacial score (nSPS) is 25.0. The van der Waals surface area contributed by atoms with E-state index in [9.17, 15) is 13.5 Å². The third-order valence-corrected chi connectivity index (χ3v) is 7.17. The van der Waals surface area contributed by atoms with E-state index in [1.807, 2.05) is 23.6 Å². The van der Waals surface area contributed by atoms with E-state index < -0.39 is 15.9 Å². The Morgan fingerprint density at radius 2 is 2.05 bits per heavy atom. The molecule has 0 radical (unpaired) electrons. The molecule has 1 aromatic heterocycles. The molecular weight excluding hydrogens is 304 g/mol. The summed E-state index contributed by atoms with van der Waals surface area (Å²) in [5.74, 6) is 0.0384. The van der Waals surface area contributed by atoms with Gasteiger partial charge >= 0.3 is 0 Å². The van der Waals surface area contributed by atoms with Gasteiger partial charge in [0.25, 0.3) is 0 Å². The van der Waals surface area contributed by atoms with Crippen molar-refractivity contribution in [1.82, 2.24) is 0 Å². The zero-order chi connectivity index (χ0) is 15.0. The van der Waals surface area contributed by atoms with Crippen molar-refractivity contribution >= 4 is 31.3 Å². The molecular formula is C16H20O3S2. The summed E-state index contributed by atoms with van der Waals surface area (Å²) in [4.78, 5) is 0. The number of benzene rings is 1. The first-order chi connectivity index (χ1) is 9.97. The molecule has 0 saturated heterocycles. The smallest absolute Gasteiger partial charge is 0.150 e. The average Bonchev–Trinajstić information content (AvgIpc) is 2.90. The molecule has 1 heterocycles. The first-order valence-corrected chi connectivity index (χ1v) is 10.1. The number of hydrogen-bond acceptors (Lipinski definition) is 4. The highest BCUT2D eigenvalue weighted by atomic mass is 32.2. The van der Waals surface area contributed by atoms with Crippen LogP contribution in [-0.4, -0.2) is 25.0 Å². The van der Waals surface area contributed by atoms with E-state index in [4.69, 9.17) is 0 Å². The Morgan fingerprint density at radius 1 is 1.29 bits per heavy atom. The third-order valence-electron chi connectivity index (χ3n) is 4.55. The zero-order valence-electron chi connectivity index (χ0n) is 12.0. The average molecular weight is 324 g/mol. The van der Waals surface area contributed by atoms with Crippen LogP contribution in [0.2, 0.25) is 0 Å². The largest absolute Gasteiger partial charge is 0.388 e. The summed E-state index contributed by atoms with van der Waals surface area (Å²) in [7, 11) is -3.01. The Kier molecular flexibility index (Phi) is 4.08. The fraction of sp³-hybridized carbons (Fsp3) is 0.500. The minimum atomic E-state index is -3.01. The van der Waals surface area contributed by atoms with Crippen LogP contribution in [0, 0.1) is 5.92 Å². The second-order valence-corrected chi connectivity index (χ2v) is 9.25. The second kappa shape index (κ2) is 5.71. The van der Waals surface area contributed by atoms with E-state index in [-0.39, 0.29) is 11.2 Å². The predicted molar refractivity (Wildman–Crippen MR) is 87.4 cm³/mol. The third kappa shape index (κ3) is 3.00. The fourth-order valence-electron chi connectivity index (χ4n) is 3.34. The predicted octanol–water partition coefficient (Wildman–Crippen LogP) is 3.54. The van der Waals surface area contributed by atoms with Gasteiger partial charge in [-0.1, -0.05) is 24.6 Å². The first-order valence-electron chi connectivity index (χ1n) is 7.30. The van der Waals surface area contributed by atoms with Gasteiger partial charge in [0.15, 0.2) is 0 Å². The summed E-state index contributed by atoms with van der Waals surface area (Å²) >= 11 is 1.63. The Morgan fingerprint density at radius 3 is 2.81 bits per heavy atom. The summed E-state index contributed by atoms with van der Waals surface area (Å²) in [5, 5.41) is 13.5. The number of sulfone groups is 1. The number of aliphatic hydroxyl groups excluding tert-OH is 1. The monoisotopic (exact) mass is 324 g/mol. The SMILES string of the molecule is CS(=O)(=O)C1CCCC(C(O)c2csc3ccccc23)C1. The minimum absolute atomic E-state index is 0.0384. The molecule has 2 aromatic rings. The van der Waals surface area contributed by atoms with Gasteiger partial charge in [-0.2, -0.15) is 0 Å². The fourth-order valence-corrected chi connectivity index (χ4v) is 5.52. The van der Waals surface area contributed by atoms with Crippen LogP contribution in [0.5, 0.6) is 0 Å². The molecule has 1 aliphatic carbocycles. The van der Waals surface area contributed by atoms with Crippen molar-refractivity contribution in [3.05, 3.63) is 35.2 Å². The molecule has 1 aliphatic rings. The van der Waals surface area contributed by atoms with Gasteiger partial charge in [0.2, 0.25) is 0 Å². The molecule has 3 unspecified atom stereocenters. The Balaban J connectivity index is 1.86. The minimum Gasteiger partial charge on any atom is -0.388 e. The van der Waals surface area contributed by atoms with Crippen LogP contribution >= 0.6 is 11.3 Å². The molecule has 3 rings (SSSR count). The van der Waals surface area contributed by atoms with Gasteiger partial charge in [-0.3, -0.25) is 0 Å². The van der Waals surface area contributed by atoms with Gasteiger partial charge in [-0.25, -0.2) is 8.42 Å². The number of fused-ring (bicyclic) bond motifs is 1. The Hall–Kier alpha value is -0.910. The van der Waals surface area contributed by atoms with Crippen LogP contribution in [0.15, 0.2) is 29.6 Å². The van der Waals surface area contributed by atoms with Gasteiger partial charge < -0.3 is 5.11 Å². The van der Waals surface area contributed by atoms with Crippen LogP contribution < -0.4 is 0 Å². The maximum absolute atomic E-state index is 11.8. The van der Waals surface area contributed by atoms with Crippen molar-refractivity contribution in [3.8, 4) is 0 Å². The maximum atomic E-state index is 11.8. The molecule has 1 saturated carbocycles. The quantitative estimate of drug-likeness (QED) is 0.939. The van der Waals surface area contributed by atoms with E-state index in [0.717, 1.165) is 30.2 Å². The first kappa shape index (κ1) is 15.0. The zero-order valence-corrected chi connectivity index (χ0v) is 13.7. The van der Waals surface area contributed by atoms with E-state index in [1.54, 1.807) is 11.3 Å². The Bertz CT molecular complexity index is 733. The number of rotatable bonds is 3. The van der Waals surface area contributed by atoms with E-state index in [0.29, 0.717) is 6.42 Å². The van der Waals surface area contributed by atoms with Crippen molar-refractivity contribution in [1.29, 1.82) is 0 Å². The molecule has 0 amide bonds. The Labute approximate surface area is 129 Å². The van der Waals surface area contributed by atoms with Crippen molar-refractivity contribution in [2.45, 2.75) is 37.0 Å². The van der Waals surface area contributed by atoms with Crippen LogP contribution in [0.4, 0.5) is 0 Å². The lowest BCUT2D eigenvalue weighted by Crippen LogP contribution is -2.30. The molecule has 3 nitrogen and oxygen atoms in total. The molecule has 0 aliphatic heterocycles. The van der Waals surface area contributed by atoms with Crippen molar-refractivity contribution < 1.29 is 13.5 Å². The lowest BCUT2D eigenvalue weighted by Gasteiger charge is -2.31. The molecule has 21 heavy (non-hydrogen) atoms. The summed E-state index contributed by atoms with van der Waals surface area (Å²) < 4.78 is 24.7. The summed E-state index contributed by atoms with van der Waals surface area (Å²) in [6.07, 6.45) is 3.83. The molecule has 0 spiro atoms. The second-order valence-electron chi connectivity index (χ2n) is 6.01. The van der Waals surface area contributed by atoms with Crippen molar-refractivity contribution in [2.75, 3.05) is 6.26 Å². The van der Waals surface area contributed by atoms with Crippen LogP contribution in [0.3, 0.4) is 0 Å². The number of hydrogen-bond donors (Lipinski definition) is 1. The summed E-state index contributed by atoms with van der Waals surface area (Å²) in [6, 6.07) is 8.05. The van der Waals surface area contributed by atoms with Crippen LogP contribution in [-0.2, 0) is 9.84 Å². The van der Waals surface area contributed by atoms with Crippen LogP contribution in [0.1, 0.15) is 37.4 Å². The van der Waals surface area contributed by atoms with Gasteiger partial charge in [-0.05, 0) is 47.6 Å². The standard InChI is InChI=1S/C16H20O3S2/c1-21(18,19)12-6-4-5-11(9-12)16(17)14-10-20-15-8-3-2-7-13(14)15/h2-3,7-8,10-12,16-17H,4-6,9H2,1H3. The summed E-state index contributed by atoms with van der Waals surface area (Å²) in [6.45, 7) is 0. The molecule has 1 N–H and O–H groups in total. The highest BCUT2D eigenvalue weighted by molar-refractivity contribution is 7.91. The number of aliphatic hydroxyl groups is 1. The molecule has 0 bridgehead atoms. The van der Waals surface area contributed by atoms with Crippen molar-refractivity contribution in [2.24, 2.45) is 5.92 Å². The molecule has 1 aromatic carbocycles. The van der Waals surface area contributed by atoms with Crippen molar-refractivity contribution in [3.63, 3.8) is 0 Å². The van der Waals surface area contributed by atoms with E-state index in [2.05, 4.69) is 6.07 Å². The van der Waals surface area contributed by atoms with E-state index in [1.165, 1.54) is 11.0 Å². The van der Waals surface area contributed by atoms with Gasteiger partial charge in [0.1, 0.15) is 9.84 Å². The lowest BCUT2D eigenvalue weighted by atomic mass is 9.82. The van der Waals surface area contributed by atoms with Gasteiger partial charge in [0.05, 0.1) is 11.4 Å². The molecule has 5 heteroatoms. The molecule has 114 valence electrons. The van der Waals surface area contributed by atoms with Gasteiger partial charge in [-0.15, -0.1) is 11.3 Å². The lowest BCUT2D eigenvalue weighted by molar-refractivity contribution is 0.0872. The maximum Gasteiger partial charge on any atom is 0.150 e. The topological polar surface area (TPSA) is 54.4 Å². The summed E-state index contributed by atoms with van der Waals surface area (Å²) in [5.41, 5.74) is 0.953.